The number of benzene rings is 1. The van der Waals surface area contributed by atoms with Crippen LogP contribution in [0.15, 0.2) is 36.4 Å². The number of nitrogens with one attached hydrogen (secondary N) is 1. The number of carbonyl (C=O) groups excluding carboxylic acids is 1. The number of nitrogens with zero attached hydrogens (tertiary/aromatic N) is 4. The Labute approximate surface area is 166 Å². The Balaban J connectivity index is 1.60. The van der Waals surface area contributed by atoms with Gasteiger partial charge in [-0.1, -0.05) is 30.3 Å². The summed E-state index contributed by atoms with van der Waals surface area (Å²) >= 11 is 0. The summed E-state index contributed by atoms with van der Waals surface area (Å²) in [5.74, 6) is 2.46. The maximum atomic E-state index is 11.8. The molecule has 1 aromatic heterocycles. The summed E-state index contributed by atoms with van der Waals surface area (Å²) in [5.41, 5.74) is 1.24. The molecule has 0 atom stereocenters. The maximum absolute atomic E-state index is 11.8. The fraction of sp³-hybridized carbons (Fsp3) is 0.476. The van der Waals surface area contributed by atoms with Gasteiger partial charge in [0.1, 0.15) is 17.5 Å². The van der Waals surface area contributed by atoms with Crippen LogP contribution >= 0.6 is 0 Å². The minimum atomic E-state index is -0.219. The monoisotopic (exact) mass is 383 g/mol. The van der Waals surface area contributed by atoms with Crippen LogP contribution in [0.2, 0.25) is 0 Å². The van der Waals surface area contributed by atoms with Crippen LogP contribution in [0.4, 0.5) is 16.4 Å². The number of ether oxygens (including phenoxy) is 1. The Hall–Kier alpha value is -2.83. The number of amides is 1. The second kappa shape index (κ2) is 9.39. The van der Waals surface area contributed by atoms with Crippen molar-refractivity contribution in [3.63, 3.8) is 0 Å². The number of carbonyl (C=O) groups is 1. The number of hydrogen-bond acceptors (Lipinski definition) is 6. The Morgan fingerprint density at radius 2 is 1.96 bits per heavy atom. The van der Waals surface area contributed by atoms with Crippen LogP contribution in [0.5, 0.6) is 0 Å². The van der Waals surface area contributed by atoms with E-state index >= 15 is 0 Å². The summed E-state index contributed by atoms with van der Waals surface area (Å²) in [6.45, 7) is 6.33. The molecule has 0 spiro atoms. The summed E-state index contributed by atoms with van der Waals surface area (Å²) in [5, 5.41) is 3.52. The molecule has 0 unspecified atom stereocenters. The van der Waals surface area contributed by atoms with Gasteiger partial charge in [0.05, 0.1) is 6.61 Å². The fourth-order valence-corrected chi connectivity index (χ4v) is 3.39. The van der Waals surface area contributed by atoms with Crippen molar-refractivity contribution in [1.29, 1.82) is 0 Å². The largest absolute Gasteiger partial charge is 0.450 e. The molecule has 28 heavy (non-hydrogen) atoms. The number of aromatic nitrogens is 2. The van der Waals surface area contributed by atoms with Crippen molar-refractivity contribution in [3.05, 3.63) is 47.8 Å². The molecule has 2 heterocycles. The van der Waals surface area contributed by atoms with Gasteiger partial charge in [-0.05, 0) is 32.3 Å². The number of likely N-dealkylation sites (tertiary alicyclic amines) is 1. The molecular formula is C21H29N5O2. The van der Waals surface area contributed by atoms with E-state index in [4.69, 9.17) is 4.74 Å². The zero-order valence-corrected chi connectivity index (χ0v) is 16.9. The van der Waals surface area contributed by atoms with Crippen LogP contribution in [0.25, 0.3) is 0 Å². The van der Waals surface area contributed by atoms with Crippen LogP contribution in [0.3, 0.4) is 0 Å². The van der Waals surface area contributed by atoms with Gasteiger partial charge in [-0.2, -0.15) is 0 Å². The van der Waals surface area contributed by atoms with Gasteiger partial charge in [0.15, 0.2) is 0 Å². The second-order valence-electron chi connectivity index (χ2n) is 7.10. The van der Waals surface area contributed by atoms with Gasteiger partial charge in [0.25, 0.3) is 0 Å². The molecule has 0 bridgehead atoms. The number of anilines is 2. The summed E-state index contributed by atoms with van der Waals surface area (Å²) in [6.07, 6.45) is 1.53. The molecule has 1 saturated heterocycles. The highest BCUT2D eigenvalue weighted by Crippen LogP contribution is 2.20. The van der Waals surface area contributed by atoms with E-state index in [1.807, 2.05) is 45.2 Å². The summed E-state index contributed by atoms with van der Waals surface area (Å²) < 4.78 is 5.08. The van der Waals surface area contributed by atoms with Gasteiger partial charge in [-0.15, -0.1) is 0 Å². The first kappa shape index (κ1) is 19.9. The second-order valence-corrected chi connectivity index (χ2v) is 7.10. The third-order valence-corrected chi connectivity index (χ3v) is 4.85. The Kier molecular flexibility index (Phi) is 6.68. The molecule has 1 aliphatic heterocycles. The molecule has 7 nitrogen and oxygen atoms in total. The lowest BCUT2D eigenvalue weighted by Crippen LogP contribution is -2.42. The number of rotatable bonds is 6. The van der Waals surface area contributed by atoms with Crippen LogP contribution in [-0.2, 0) is 11.3 Å². The predicted octanol–water partition coefficient (Wildman–Crippen LogP) is 3.45. The summed E-state index contributed by atoms with van der Waals surface area (Å²) in [7, 11) is 2.04. The highest BCUT2D eigenvalue weighted by atomic mass is 16.6. The van der Waals surface area contributed by atoms with Crippen molar-refractivity contribution < 1.29 is 9.53 Å². The standard InChI is InChI=1S/C21H29N5O2/c1-4-28-21(27)26-12-10-18(11-13-26)24-19-14-20(23-16(2)22-19)25(3)15-17-8-6-5-7-9-17/h5-9,14,18H,4,10-13,15H2,1-3H3,(H,22,23,24). The summed E-state index contributed by atoms with van der Waals surface area (Å²) in [6, 6.07) is 12.6. The minimum Gasteiger partial charge on any atom is -0.450 e. The third-order valence-electron chi connectivity index (χ3n) is 4.85. The lowest BCUT2D eigenvalue weighted by molar-refractivity contribution is 0.0983. The molecule has 0 aliphatic carbocycles. The van der Waals surface area contributed by atoms with E-state index in [2.05, 4.69) is 32.3 Å². The molecular weight excluding hydrogens is 354 g/mol. The van der Waals surface area contributed by atoms with Gasteiger partial charge < -0.3 is 19.9 Å². The lowest BCUT2D eigenvalue weighted by atomic mass is 10.1. The van der Waals surface area contributed by atoms with E-state index in [-0.39, 0.29) is 12.1 Å². The van der Waals surface area contributed by atoms with Crippen LogP contribution in [0.1, 0.15) is 31.2 Å². The zero-order chi connectivity index (χ0) is 19.9. The van der Waals surface area contributed by atoms with Gasteiger partial charge in [0, 0.05) is 38.8 Å². The topological polar surface area (TPSA) is 70.6 Å². The highest BCUT2D eigenvalue weighted by Gasteiger charge is 2.24. The molecule has 1 N–H and O–H groups in total. The van der Waals surface area contributed by atoms with Gasteiger partial charge in [0.2, 0.25) is 0 Å². The molecule has 1 aromatic carbocycles. The smallest absolute Gasteiger partial charge is 0.409 e. The molecule has 1 aliphatic rings. The van der Waals surface area contributed by atoms with E-state index < -0.39 is 0 Å². The molecule has 3 rings (SSSR count). The average Bonchev–Trinajstić information content (AvgIpc) is 2.69. The Morgan fingerprint density at radius 1 is 1.25 bits per heavy atom. The van der Waals surface area contributed by atoms with E-state index in [0.29, 0.717) is 19.7 Å². The maximum Gasteiger partial charge on any atom is 0.409 e. The molecule has 0 radical (unpaired) electrons. The third kappa shape index (κ3) is 5.34. The number of aryl methyl sites for hydroxylation is 1. The average molecular weight is 383 g/mol. The fourth-order valence-electron chi connectivity index (χ4n) is 3.39. The number of piperidine rings is 1. The normalized spacial score (nSPS) is 14.6. The van der Waals surface area contributed by atoms with Crippen molar-refractivity contribution >= 4 is 17.7 Å². The number of hydrogen-bond donors (Lipinski definition) is 1. The van der Waals surface area contributed by atoms with Crippen molar-refractivity contribution in [2.24, 2.45) is 0 Å². The van der Waals surface area contributed by atoms with E-state index in [0.717, 1.165) is 36.8 Å². The van der Waals surface area contributed by atoms with E-state index in [1.165, 1.54) is 5.56 Å². The quantitative estimate of drug-likeness (QED) is 0.824. The SMILES string of the molecule is CCOC(=O)N1CCC(Nc2cc(N(C)Cc3ccccc3)nc(C)n2)CC1. The highest BCUT2D eigenvalue weighted by molar-refractivity contribution is 5.67. The molecule has 0 saturated carbocycles. The Morgan fingerprint density at radius 3 is 2.64 bits per heavy atom. The molecule has 1 fully saturated rings. The zero-order valence-electron chi connectivity index (χ0n) is 16.9. The summed E-state index contributed by atoms with van der Waals surface area (Å²) in [4.78, 5) is 24.9. The molecule has 2 aromatic rings. The van der Waals surface area contributed by atoms with Crippen LogP contribution in [-0.4, -0.2) is 53.7 Å². The van der Waals surface area contributed by atoms with Crippen molar-refractivity contribution in [3.8, 4) is 0 Å². The Bertz CT molecular complexity index is 776. The van der Waals surface area contributed by atoms with Crippen molar-refractivity contribution in [1.82, 2.24) is 14.9 Å². The van der Waals surface area contributed by atoms with Crippen molar-refractivity contribution in [2.75, 3.05) is 37.0 Å². The first-order valence-corrected chi connectivity index (χ1v) is 9.84. The minimum absolute atomic E-state index is 0.219. The predicted molar refractivity (Wildman–Crippen MR) is 111 cm³/mol. The van der Waals surface area contributed by atoms with Crippen molar-refractivity contribution in [2.45, 2.75) is 39.3 Å². The lowest BCUT2D eigenvalue weighted by Gasteiger charge is -2.32. The molecule has 1 amide bonds. The van der Waals surface area contributed by atoms with Gasteiger partial charge >= 0.3 is 6.09 Å². The molecule has 150 valence electrons. The van der Waals surface area contributed by atoms with Crippen LogP contribution < -0.4 is 10.2 Å². The van der Waals surface area contributed by atoms with Gasteiger partial charge in [-0.3, -0.25) is 0 Å². The van der Waals surface area contributed by atoms with Gasteiger partial charge in [-0.25, -0.2) is 14.8 Å². The van der Waals surface area contributed by atoms with Crippen LogP contribution in [0, 0.1) is 6.92 Å². The molecule has 7 heteroatoms. The van der Waals surface area contributed by atoms with E-state index in [1.54, 1.807) is 4.90 Å². The van der Waals surface area contributed by atoms with E-state index in [9.17, 15) is 4.79 Å². The first-order chi connectivity index (χ1) is 13.5. The first-order valence-electron chi connectivity index (χ1n) is 9.84.